The maximum atomic E-state index is 3.92. The van der Waals surface area contributed by atoms with Gasteiger partial charge in [-0.25, -0.2) is 0 Å². The molecule has 2 aliphatic carbocycles. The molecular formula is C30H18Br4SZr. The Morgan fingerprint density at radius 2 is 1.28 bits per heavy atom. The number of rotatable bonds is 3. The summed E-state index contributed by atoms with van der Waals surface area (Å²) >= 11 is 8.62. The van der Waals surface area contributed by atoms with Crippen LogP contribution in [0.25, 0.3) is 12.2 Å². The molecule has 4 aliphatic rings. The second-order valence-electron chi connectivity index (χ2n) is 8.89. The van der Waals surface area contributed by atoms with Crippen molar-refractivity contribution in [2.45, 2.75) is 21.6 Å². The predicted molar refractivity (Wildman–Crippen MR) is 145 cm³/mol. The van der Waals surface area contributed by atoms with Crippen LogP contribution in [0.2, 0.25) is 0 Å². The van der Waals surface area contributed by atoms with E-state index in [4.69, 9.17) is 0 Å². The molecule has 0 spiro atoms. The third-order valence-electron chi connectivity index (χ3n) is 6.95. The molecule has 4 aromatic carbocycles. The van der Waals surface area contributed by atoms with Crippen molar-refractivity contribution in [3.8, 4) is 0 Å². The van der Waals surface area contributed by atoms with Gasteiger partial charge in [-0.2, -0.15) is 0 Å². The first kappa shape index (κ1) is 27.1. The van der Waals surface area contributed by atoms with Crippen molar-refractivity contribution < 1.29 is 57.2 Å². The second-order valence-corrected chi connectivity index (χ2v) is 15.2. The van der Waals surface area contributed by atoms with E-state index in [9.17, 15) is 0 Å². The van der Waals surface area contributed by atoms with Crippen LogP contribution in [0.4, 0.5) is 0 Å². The number of allylic oxidation sites excluding steroid dienone is 2. The minimum absolute atomic E-state index is 0. The summed E-state index contributed by atoms with van der Waals surface area (Å²) in [7, 11) is 0. The molecular weight excluding hydrogens is 803 g/mol. The number of fused-ring (bicyclic) bond motifs is 3. The Morgan fingerprint density at radius 3 is 2.06 bits per heavy atom. The minimum Gasteiger partial charge on any atom is -1.00 e. The molecule has 0 aromatic heterocycles. The average molecular weight is 821 g/mol. The minimum atomic E-state index is -1.07. The van der Waals surface area contributed by atoms with Gasteiger partial charge in [-0.05, 0) is 0 Å². The molecule has 2 atom stereocenters. The van der Waals surface area contributed by atoms with Gasteiger partial charge in [0.2, 0.25) is 0 Å². The third-order valence-corrected chi connectivity index (χ3v) is 13.0. The summed E-state index contributed by atoms with van der Waals surface area (Å²) < 4.78 is 5.74. The Balaban J connectivity index is 0.00000133. The quantitative estimate of drug-likeness (QED) is 0.306. The Bertz CT molecular complexity index is 1530. The Kier molecular flexibility index (Phi) is 8.24. The first-order valence-corrected chi connectivity index (χ1v) is 16.2. The number of hydrogen-bond acceptors (Lipinski definition) is 1. The zero-order valence-corrected chi connectivity index (χ0v) is 28.4. The third kappa shape index (κ3) is 4.52. The van der Waals surface area contributed by atoms with Crippen molar-refractivity contribution in [2.24, 2.45) is 0 Å². The van der Waals surface area contributed by atoms with Gasteiger partial charge in [-0.3, -0.25) is 0 Å². The van der Waals surface area contributed by atoms with E-state index in [1.807, 2.05) is 11.8 Å². The van der Waals surface area contributed by atoms with Crippen LogP contribution in [0.5, 0.6) is 0 Å². The molecule has 0 saturated heterocycles. The summed E-state index contributed by atoms with van der Waals surface area (Å²) in [4.78, 5) is 2.69. The smallest absolute Gasteiger partial charge is 1.00 e. The van der Waals surface area contributed by atoms with Crippen molar-refractivity contribution in [3.63, 3.8) is 0 Å². The van der Waals surface area contributed by atoms with E-state index in [0.717, 1.165) is 0 Å². The zero-order valence-electron chi connectivity index (χ0n) is 18.8. The first-order valence-electron chi connectivity index (χ1n) is 11.3. The van der Waals surface area contributed by atoms with E-state index in [-0.39, 0.29) is 34.0 Å². The summed E-state index contributed by atoms with van der Waals surface area (Å²) in [6, 6.07) is 31.5. The van der Waals surface area contributed by atoms with Crippen LogP contribution in [0.1, 0.15) is 45.2 Å². The van der Waals surface area contributed by atoms with Crippen LogP contribution in [0, 0.1) is 0 Å². The van der Waals surface area contributed by atoms with Crippen molar-refractivity contribution in [1.82, 2.24) is 0 Å². The van der Waals surface area contributed by atoms with E-state index >= 15 is 0 Å². The van der Waals surface area contributed by atoms with E-state index in [0.29, 0.717) is 11.8 Å². The van der Waals surface area contributed by atoms with Crippen LogP contribution in [-0.2, 0) is 23.2 Å². The standard InChI is InChI=1S/C15H8BrS.C15H10Br.2BrH.Zr/c16-13-7-8-14-12-6-5-11(15(12)13)9-1-3-10(17-14)4-2-9;16-14-8-4-7-12-9-10-13(15(12)14)11-5-2-1-3-6-11;;;/h1-4,6-8,11H;1-9,13H;2*1H;/q;;;;+2/p-2. The molecule has 2 unspecified atom stereocenters. The number of hydrogen-bond donors (Lipinski definition) is 0. The molecule has 8 rings (SSSR count). The molecule has 4 aromatic rings. The monoisotopic (exact) mass is 816 g/mol. The van der Waals surface area contributed by atoms with Gasteiger partial charge in [0.05, 0.1) is 0 Å². The molecule has 6 heteroatoms. The summed E-state index contributed by atoms with van der Waals surface area (Å²) in [5.41, 5.74) is 8.51. The molecule has 6 bridgehead atoms. The molecule has 0 fully saturated rings. The van der Waals surface area contributed by atoms with Crippen LogP contribution >= 0.6 is 43.6 Å². The van der Waals surface area contributed by atoms with Gasteiger partial charge < -0.3 is 34.0 Å². The summed E-state index contributed by atoms with van der Waals surface area (Å²) in [5, 5.41) is 0. The molecule has 176 valence electrons. The largest absolute Gasteiger partial charge is 1.00 e. The Labute approximate surface area is 265 Å². The van der Waals surface area contributed by atoms with Crippen LogP contribution in [0.15, 0.2) is 110 Å². The van der Waals surface area contributed by atoms with Crippen molar-refractivity contribution in [1.29, 1.82) is 0 Å². The summed E-state index contributed by atoms with van der Waals surface area (Å²) in [5.74, 6) is 0.698. The fourth-order valence-corrected chi connectivity index (χ4v) is 11.8. The van der Waals surface area contributed by atoms with Gasteiger partial charge in [0.25, 0.3) is 0 Å². The molecule has 0 radical (unpaired) electrons. The zero-order chi connectivity index (χ0) is 22.8. The second kappa shape index (κ2) is 10.9. The maximum Gasteiger partial charge on any atom is -1.00 e. The average Bonchev–Trinajstić information content (AvgIpc) is 3.43. The molecule has 0 N–H and O–H groups in total. The van der Waals surface area contributed by atoms with E-state index in [1.165, 1.54) is 52.1 Å². The molecule has 36 heavy (non-hydrogen) atoms. The SMILES string of the molecule is Brc1cccc2c1C(c1ccccc1)[C]([Zr+2][C]1=Cc3c4ccc(Br)c3C1c1ccc(cc1)S4)=C2.[Br-].[Br-]. The normalized spacial score (nSPS) is 17.9. The van der Waals surface area contributed by atoms with Crippen LogP contribution in [-0.4, -0.2) is 0 Å². The topological polar surface area (TPSA) is 0 Å². The van der Waals surface area contributed by atoms with Gasteiger partial charge in [0.15, 0.2) is 0 Å². The fraction of sp³-hybridized carbons (Fsp3) is 0.0667. The predicted octanol–water partition coefficient (Wildman–Crippen LogP) is 3.44. The van der Waals surface area contributed by atoms with Crippen LogP contribution in [0.3, 0.4) is 0 Å². The van der Waals surface area contributed by atoms with E-state index < -0.39 is 23.2 Å². The molecule has 0 amide bonds. The summed E-state index contributed by atoms with van der Waals surface area (Å²) in [6.45, 7) is 0. The molecule has 0 saturated carbocycles. The van der Waals surface area contributed by atoms with Crippen molar-refractivity contribution >= 4 is 55.8 Å². The van der Waals surface area contributed by atoms with E-state index in [2.05, 4.69) is 129 Å². The Morgan fingerprint density at radius 1 is 0.611 bits per heavy atom. The molecule has 0 nitrogen and oxygen atoms in total. The molecule has 2 heterocycles. The van der Waals surface area contributed by atoms with Crippen molar-refractivity contribution in [2.75, 3.05) is 0 Å². The summed E-state index contributed by atoms with van der Waals surface area (Å²) in [6.07, 6.45) is 5.06. The van der Waals surface area contributed by atoms with Crippen molar-refractivity contribution in [3.05, 3.63) is 134 Å². The van der Waals surface area contributed by atoms with Gasteiger partial charge in [0, 0.05) is 0 Å². The Hall–Kier alpha value is -0.487. The first-order chi connectivity index (χ1) is 16.7. The van der Waals surface area contributed by atoms with Gasteiger partial charge in [0.1, 0.15) is 0 Å². The van der Waals surface area contributed by atoms with Crippen LogP contribution < -0.4 is 34.0 Å². The number of halogens is 4. The fourth-order valence-electron chi connectivity index (χ4n) is 5.48. The van der Waals surface area contributed by atoms with Gasteiger partial charge in [-0.15, -0.1) is 0 Å². The van der Waals surface area contributed by atoms with Gasteiger partial charge in [-0.1, -0.05) is 0 Å². The molecule has 2 aliphatic heterocycles. The van der Waals surface area contributed by atoms with E-state index in [1.54, 1.807) is 6.56 Å². The van der Waals surface area contributed by atoms with Gasteiger partial charge >= 0.3 is 234 Å². The number of benzene rings is 4. The maximum absolute atomic E-state index is 3.92.